The molecule has 3 rings (SSSR count). The number of fused-ring (bicyclic) bond motifs is 1. The van der Waals surface area contributed by atoms with Gasteiger partial charge in [-0.25, -0.2) is 4.98 Å². The molecule has 0 saturated heterocycles. The molecule has 0 aliphatic rings. The lowest BCUT2D eigenvalue weighted by molar-refractivity contribution is -0.120. The predicted octanol–water partition coefficient (Wildman–Crippen LogP) is 4.15. The average molecular weight is 435 g/mol. The van der Waals surface area contributed by atoms with E-state index in [1.807, 2.05) is 58.0 Å². The zero-order valence-electron chi connectivity index (χ0n) is 18.4. The number of nitrogens with zero attached hydrogens (tertiary/aromatic N) is 3. The standard InChI is InChI=1S/C24H26N4O2S/c1-15(2)24(5,14-25)27-21(29)13-31-23-26-19-9-7-6-8-18(19)22(30)28(23)20-12-16(3)10-11-17(20)4/h6-12,15H,13H2,1-5H3,(H,27,29). The minimum Gasteiger partial charge on any atom is -0.337 e. The molecule has 0 saturated carbocycles. The van der Waals surface area contributed by atoms with Crippen LogP contribution in [0.4, 0.5) is 0 Å². The SMILES string of the molecule is Cc1ccc(C)c(-n2c(SCC(=O)NC(C)(C#N)C(C)C)nc3ccccc3c2=O)c1. The molecule has 1 amide bonds. The molecule has 1 N–H and O–H groups in total. The third-order valence-corrected chi connectivity index (χ3v) is 6.41. The predicted molar refractivity (Wildman–Crippen MR) is 125 cm³/mol. The highest BCUT2D eigenvalue weighted by molar-refractivity contribution is 7.99. The van der Waals surface area contributed by atoms with Gasteiger partial charge in [-0.1, -0.05) is 49.9 Å². The topological polar surface area (TPSA) is 87.8 Å². The Morgan fingerprint density at radius 2 is 1.97 bits per heavy atom. The number of carbonyl (C=O) groups excluding carboxylic acids is 1. The number of thioether (sulfide) groups is 1. The summed E-state index contributed by atoms with van der Waals surface area (Å²) in [7, 11) is 0. The number of amides is 1. The van der Waals surface area contributed by atoms with Crippen LogP contribution in [0.2, 0.25) is 0 Å². The normalized spacial score (nSPS) is 13.1. The summed E-state index contributed by atoms with van der Waals surface area (Å²) in [5, 5.41) is 13.2. The van der Waals surface area contributed by atoms with Gasteiger partial charge in [-0.15, -0.1) is 0 Å². The van der Waals surface area contributed by atoms with E-state index < -0.39 is 5.54 Å². The Morgan fingerprint density at radius 3 is 2.65 bits per heavy atom. The molecule has 1 aromatic heterocycles. The van der Waals surface area contributed by atoms with Crippen LogP contribution < -0.4 is 10.9 Å². The highest BCUT2D eigenvalue weighted by Gasteiger charge is 2.30. The fourth-order valence-electron chi connectivity index (χ4n) is 3.14. The number of aryl methyl sites for hydroxylation is 2. The van der Waals surface area contributed by atoms with E-state index in [0.29, 0.717) is 16.1 Å². The van der Waals surface area contributed by atoms with Crippen molar-refractivity contribution in [2.75, 3.05) is 5.75 Å². The van der Waals surface area contributed by atoms with Crippen LogP contribution in [-0.4, -0.2) is 26.8 Å². The van der Waals surface area contributed by atoms with E-state index in [0.717, 1.165) is 16.8 Å². The minimum atomic E-state index is -0.957. The summed E-state index contributed by atoms with van der Waals surface area (Å²) in [6.07, 6.45) is 0. The number of hydrogen-bond donors (Lipinski definition) is 1. The quantitative estimate of drug-likeness (QED) is 0.465. The smallest absolute Gasteiger partial charge is 0.266 e. The first-order valence-electron chi connectivity index (χ1n) is 10.1. The van der Waals surface area contributed by atoms with Gasteiger partial charge >= 0.3 is 0 Å². The van der Waals surface area contributed by atoms with Gasteiger partial charge in [-0.05, 0) is 56.0 Å². The lowest BCUT2D eigenvalue weighted by Crippen LogP contribution is -2.49. The van der Waals surface area contributed by atoms with E-state index in [1.165, 1.54) is 11.8 Å². The molecule has 1 atom stereocenters. The van der Waals surface area contributed by atoms with Crippen molar-refractivity contribution in [2.24, 2.45) is 5.92 Å². The highest BCUT2D eigenvalue weighted by Crippen LogP contribution is 2.24. The molecule has 0 bridgehead atoms. The molecule has 0 aliphatic heterocycles. The second-order valence-electron chi connectivity index (χ2n) is 8.15. The van der Waals surface area contributed by atoms with Gasteiger partial charge in [-0.3, -0.25) is 14.2 Å². The van der Waals surface area contributed by atoms with E-state index in [2.05, 4.69) is 16.4 Å². The van der Waals surface area contributed by atoms with Crippen molar-refractivity contribution in [3.05, 3.63) is 63.9 Å². The van der Waals surface area contributed by atoms with Gasteiger partial charge in [0.2, 0.25) is 5.91 Å². The van der Waals surface area contributed by atoms with Gasteiger partial charge in [0.25, 0.3) is 5.56 Å². The van der Waals surface area contributed by atoms with Crippen LogP contribution in [0.25, 0.3) is 16.6 Å². The Morgan fingerprint density at radius 1 is 1.26 bits per heavy atom. The maximum Gasteiger partial charge on any atom is 0.266 e. The van der Waals surface area contributed by atoms with E-state index in [1.54, 1.807) is 23.6 Å². The van der Waals surface area contributed by atoms with Crippen molar-refractivity contribution in [3.8, 4) is 11.8 Å². The van der Waals surface area contributed by atoms with Crippen LogP contribution in [-0.2, 0) is 4.79 Å². The third kappa shape index (κ3) is 4.64. The van der Waals surface area contributed by atoms with Crippen molar-refractivity contribution >= 4 is 28.6 Å². The Balaban J connectivity index is 2.04. The summed E-state index contributed by atoms with van der Waals surface area (Å²) < 4.78 is 1.58. The van der Waals surface area contributed by atoms with Gasteiger partial charge in [0.15, 0.2) is 5.16 Å². The zero-order chi connectivity index (χ0) is 22.8. The van der Waals surface area contributed by atoms with Gasteiger partial charge in [0.05, 0.1) is 28.4 Å². The summed E-state index contributed by atoms with van der Waals surface area (Å²) in [6, 6.07) is 15.3. The number of benzene rings is 2. The molecule has 31 heavy (non-hydrogen) atoms. The number of nitriles is 1. The van der Waals surface area contributed by atoms with E-state index >= 15 is 0 Å². The number of rotatable bonds is 6. The average Bonchev–Trinajstić information content (AvgIpc) is 2.74. The van der Waals surface area contributed by atoms with Crippen LogP contribution in [0, 0.1) is 31.1 Å². The summed E-state index contributed by atoms with van der Waals surface area (Å²) in [5.41, 5.74) is 2.16. The molecule has 1 heterocycles. The van der Waals surface area contributed by atoms with Crippen LogP contribution in [0.3, 0.4) is 0 Å². The Labute approximate surface area is 186 Å². The van der Waals surface area contributed by atoms with Gasteiger partial charge in [-0.2, -0.15) is 5.26 Å². The maximum atomic E-state index is 13.4. The number of carbonyl (C=O) groups is 1. The molecule has 3 aromatic rings. The van der Waals surface area contributed by atoms with Crippen molar-refractivity contribution < 1.29 is 4.79 Å². The van der Waals surface area contributed by atoms with Crippen LogP contribution in [0.5, 0.6) is 0 Å². The molecule has 0 fully saturated rings. The maximum absolute atomic E-state index is 13.4. The number of nitrogens with one attached hydrogen (secondary N) is 1. The Bertz CT molecular complexity index is 1240. The van der Waals surface area contributed by atoms with Gasteiger partial charge < -0.3 is 5.32 Å². The molecule has 2 aromatic carbocycles. The number of hydrogen-bond acceptors (Lipinski definition) is 5. The first-order chi connectivity index (χ1) is 14.7. The monoisotopic (exact) mass is 434 g/mol. The highest BCUT2D eigenvalue weighted by atomic mass is 32.2. The first-order valence-corrected chi connectivity index (χ1v) is 11.1. The second kappa shape index (κ2) is 8.94. The van der Waals surface area contributed by atoms with Crippen LogP contribution >= 0.6 is 11.8 Å². The van der Waals surface area contributed by atoms with Crippen LogP contribution in [0.1, 0.15) is 31.9 Å². The van der Waals surface area contributed by atoms with Gasteiger partial charge in [0, 0.05) is 0 Å². The second-order valence-corrected chi connectivity index (χ2v) is 9.09. The van der Waals surface area contributed by atoms with E-state index in [9.17, 15) is 14.9 Å². The minimum absolute atomic E-state index is 0.0413. The molecule has 160 valence electrons. The molecular weight excluding hydrogens is 408 g/mol. The molecular formula is C24H26N4O2S. The summed E-state index contributed by atoms with van der Waals surface area (Å²) >= 11 is 1.19. The van der Waals surface area contributed by atoms with Gasteiger partial charge in [0.1, 0.15) is 5.54 Å². The van der Waals surface area contributed by atoms with Crippen molar-refractivity contribution in [1.29, 1.82) is 5.26 Å². The van der Waals surface area contributed by atoms with Crippen molar-refractivity contribution in [1.82, 2.24) is 14.9 Å². The molecule has 6 nitrogen and oxygen atoms in total. The lowest BCUT2D eigenvalue weighted by atomic mass is 9.90. The first kappa shape index (κ1) is 22.6. The number of para-hydroxylation sites is 1. The summed E-state index contributed by atoms with van der Waals surface area (Å²) in [5.74, 6) is -0.282. The van der Waals surface area contributed by atoms with Crippen molar-refractivity contribution in [3.63, 3.8) is 0 Å². The van der Waals surface area contributed by atoms with Crippen LogP contribution in [0.15, 0.2) is 52.4 Å². The fraction of sp³-hybridized carbons (Fsp3) is 0.333. The molecule has 0 radical (unpaired) electrons. The molecule has 7 heteroatoms. The number of aromatic nitrogens is 2. The fourth-order valence-corrected chi connectivity index (χ4v) is 3.94. The summed E-state index contributed by atoms with van der Waals surface area (Å²) in [4.78, 5) is 30.7. The molecule has 0 spiro atoms. The lowest BCUT2D eigenvalue weighted by Gasteiger charge is -2.27. The van der Waals surface area contributed by atoms with E-state index in [4.69, 9.17) is 0 Å². The van der Waals surface area contributed by atoms with Crippen molar-refractivity contribution in [2.45, 2.75) is 45.3 Å². The molecule has 0 aliphatic carbocycles. The third-order valence-electron chi connectivity index (χ3n) is 5.47. The Hall–Kier alpha value is -3.11. The van der Waals surface area contributed by atoms with E-state index in [-0.39, 0.29) is 23.1 Å². The molecule has 1 unspecified atom stereocenters. The zero-order valence-corrected chi connectivity index (χ0v) is 19.2. The largest absolute Gasteiger partial charge is 0.337 e. The Kier molecular flexibility index (Phi) is 6.51. The summed E-state index contributed by atoms with van der Waals surface area (Å²) in [6.45, 7) is 9.40.